The summed E-state index contributed by atoms with van der Waals surface area (Å²) in [5, 5.41) is 6.88. The van der Waals surface area contributed by atoms with Gasteiger partial charge < -0.3 is 10.6 Å². The predicted molar refractivity (Wildman–Crippen MR) is 80.7 cm³/mol. The van der Waals surface area contributed by atoms with Gasteiger partial charge in [-0.1, -0.05) is 32.6 Å². The molecule has 2 N–H and O–H groups in total. The Kier molecular flexibility index (Phi) is 5.43. The molecule has 0 bridgehead atoms. The molecule has 1 heterocycles. The van der Waals surface area contributed by atoms with E-state index in [0.717, 1.165) is 30.4 Å². The number of rotatable bonds is 5. The third-order valence-corrected chi connectivity index (χ3v) is 3.65. The van der Waals surface area contributed by atoms with Gasteiger partial charge in [-0.15, -0.1) is 0 Å². The third kappa shape index (κ3) is 4.37. The summed E-state index contributed by atoms with van der Waals surface area (Å²) < 4.78 is 0. The Morgan fingerprint density at radius 3 is 2.37 bits per heavy atom. The summed E-state index contributed by atoms with van der Waals surface area (Å²) in [5.74, 6) is 2.83. The molecule has 0 amide bonds. The van der Waals surface area contributed by atoms with Gasteiger partial charge in [0.25, 0.3) is 0 Å². The Balaban J connectivity index is 2.06. The lowest BCUT2D eigenvalue weighted by atomic mass is 10.1. The van der Waals surface area contributed by atoms with E-state index in [-0.39, 0.29) is 0 Å². The van der Waals surface area contributed by atoms with Crippen LogP contribution in [0.25, 0.3) is 0 Å². The molecule has 0 radical (unpaired) electrons. The van der Waals surface area contributed by atoms with Crippen LogP contribution >= 0.6 is 0 Å². The summed E-state index contributed by atoms with van der Waals surface area (Å²) >= 11 is 0. The van der Waals surface area contributed by atoms with Gasteiger partial charge in [-0.05, 0) is 19.8 Å². The van der Waals surface area contributed by atoms with Crippen molar-refractivity contribution in [3.05, 3.63) is 11.9 Å². The lowest BCUT2D eigenvalue weighted by Crippen LogP contribution is -2.20. The Labute approximate surface area is 116 Å². The van der Waals surface area contributed by atoms with E-state index in [0.29, 0.717) is 6.04 Å². The molecule has 0 spiro atoms. The molecular formula is C15H26N4. The molecule has 1 saturated carbocycles. The molecule has 1 fully saturated rings. The van der Waals surface area contributed by atoms with E-state index in [1.54, 1.807) is 0 Å². The van der Waals surface area contributed by atoms with Crippen molar-refractivity contribution >= 4 is 11.6 Å². The monoisotopic (exact) mass is 262 g/mol. The SMILES string of the molecule is CCNc1cc(NC2CCCCCC2)nc(CC)n1. The summed E-state index contributed by atoms with van der Waals surface area (Å²) in [5.41, 5.74) is 0. The molecule has 1 aliphatic rings. The minimum Gasteiger partial charge on any atom is -0.370 e. The number of nitrogens with zero attached hydrogens (tertiary/aromatic N) is 2. The zero-order valence-corrected chi connectivity index (χ0v) is 12.2. The van der Waals surface area contributed by atoms with Gasteiger partial charge >= 0.3 is 0 Å². The van der Waals surface area contributed by atoms with Crippen molar-refractivity contribution in [3.8, 4) is 0 Å². The zero-order valence-electron chi connectivity index (χ0n) is 12.2. The van der Waals surface area contributed by atoms with Gasteiger partial charge in [-0.3, -0.25) is 0 Å². The molecule has 1 aromatic rings. The molecule has 19 heavy (non-hydrogen) atoms. The summed E-state index contributed by atoms with van der Waals surface area (Å²) in [7, 11) is 0. The van der Waals surface area contributed by atoms with Crippen LogP contribution in [0.2, 0.25) is 0 Å². The van der Waals surface area contributed by atoms with Gasteiger partial charge in [0.05, 0.1) is 0 Å². The first-order valence-electron chi connectivity index (χ1n) is 7.70. The second kappa shape index (κ2) is 7.31. The molecule has 1 aromatic heterocycles. The molecule has 4 nitrogen and oxygen atoms in total. The van der Waals surface area contributed by atoms with Gasteiger partial charge in [-0.25, -0.2) is 9.97 Å². The van der Waals surface area contributed by atoms with Crippen LogP contribution in [0.4, 0.5) is 11.6 Å². The van der Waals surface area contributed by atoms with E-state index in [1.165, 1.54) is 38.5 Å². The van der Waals surface area contributed by atoms with Crippen molar-refractivity contribution in [2.75, 3.05) is 17.2 Å². The van der Waals surface area contributed by atoms with Gasteiger partial charge in [0, 0.05) is 25.1 Å². The van der Waals surface area contributed by atoms with Crippen LogP contribution in [-0.4, -0.2) is 22.6 Å². The maximum absolute atomic E-state index is 4.60. The highest BCUT2D eigenvalue weighted by Gasteiger charge is 2.13. The normalized spacial score (nSPS) is 16.9. The molecule has 106 valence electrons. The molecule has 2 rings (SSSR count). The summed E-state index contributed by atoms with van der Waals surface area (Å²) in [6, 6.07) is 2.62. The molecule has 0 aliphatic heterocycles. The quantitative estimate of drug-likeness (QED) is 0.796. The number of anilines is 2. The number of aromatic nitrogens is 2. The maximum atomic E-state index is 4.60. The van der Waals surface area contributed by atoms with Crippen LogP contribution in [0.1, 0.15) is 58.2 Å². The lowest BCUT2D eigenvalue weighted by Gasteiger charge is -2.18. The highest BCUT2D eigenvalue weighted by atomic mass is 15.1. The van der Waals surface area contributed by atoms with Gasteiger partial charge in [0.2, 0.25) is 0 Å². The summed E-state index contributed by atoms with van der Waals surface area (Å²) in [4.78, 5) is 9.09. The standard InChI is InChI=1S/C15H26N4/c1-3-13-18-14(16-4-2)11-15(19-13)17-12-9-7-5-6-8-10-12/h11-12H,3-10H2,1-2H3,(H2,16,17,18,19). The fourth-order valence-electron chi connectivity index (χ4n) is 2.63. The fraction of sp³-hybridized carbons (Fsp3) is 0.733. The second-order valence-corrected chi connectivity index (χ2v) is 5.27. The van der Waals surface area contributed by atoms with Crippen LogP contribution in [0.15, 0.2) is 6.07 Å². The Bertz CT molecular complexity index is 384. The molecule has 0 atom stereocenters. The van der Waals surface area contributed by atoms with Crippen molar-refractivity contribution in [1.29, 1.82) is 0 Å². The van der Waals surface area contributed by atoms with E-state index >= 15 is 0 Å². The molecule has 0 saturated heterocycles. The summed E-state index contributed by atoms with van der Waals surface area (Å²) in [6.07, 6.45) is 8.84. The first-order chi connectivity index (χ1) is 9.31. The number of hydrogen-bond acceptors (Lipinski definition) is 4. The highest BCUT2D eigenvalue weighted by molar-refractivity contribution is 5.48. The minimum absolute atomic E-state index is 0.580. The van der Waals surface area contributed by atoms with E-state index in [9.17, 15) is 0 Å². The van der Waals surface area contributed by atoms with Gasteiger partial charge in [0.1, 0.15) is 17.5 Å². The van der Waals surface area contributed by atoms with Gasteiger partial charge in [-0.2, -0.15) is 0 Å². The van der Waals surface area contributed by atoms with E-state index in [4.69, 9.17) is 0 Å². The average Bonchev–Trinajstić information content (AvgIpc) is 2.67. The van der Waals surface area contributed by atoms with Crippen LogP contribution in [-0.2, 0) is 6.42 Å². The van der Waals surface area contributed by atoms with Crippen molar-refractivity contribution in [1.82, 2.24) is 9.97 Å². The highest BCUT2D eigenvalue weighted by Crippen LogP contribution is 2.21. The second-order valence-electron chi connectivity index (χ2n) is 5.27. The largest absolute Gasteiger partial charge is 0.370 e. The van der Waals surface area contributed by atoms with Crippen LogP contribution in [0.5, 0.6) is 0 Å². The third-order valence-electron chi connectivity index (χ3n) is 3.65. The Hall–Kier alpha value is -1.32. The first-order valence-corrected chi connectivity index (χ1v) is 7.70. The predicted octanol–water partition coefficient (Wildman–Crippen LogP) is 3.61. The van der Waals surface area contributed by atoms with Gasteiger partial charge in [0.15, 0.2) is 0 Å². The molecule has 1 aliphatic carbocycles. The van der Waals surface area contributed by atoms with Crippen molar-refractivity contribution in [2.45, 2.75) is 64.8 Å². The Morgan fingerprint density at radius 1 is 1.05 bits per heavy atom. The molecule has 4 heteroatoms. The average molecular weight is 262 g/mol. The van der Waals surface area contributed by atoms with E-state index in [2.05, 4.69) is 34.4 Å². The van der Waals surface area contributed by atoms with E-state index < -0.39 is 0 Å². The molecule has 0 aromatic carbocycles. The Morgan fingerprint density at radius 2 is 1.74 bits per heavy atom. The van der Waals surface area contributed by atoms with Crippen molar-refractivity contribution in [2.24, 2.45) is 0 Å². The number of hydrogen-bond donors (Lipinski definition) is 2. The van der Waals surface area contributed by atoms with Crippen molar-refractivity contribution in [3.63, 3.8) is 0 Å². The lowest BCUT2D eigenvalue weighted by molar-refractivity contribution is 0.617. The van der Waals surface area contributed by atoms with Crippen LogP contribution < -0.4 is 10.6 Å². The summed E-state index contributed by atoms with van der Waals surface area (Å²) in [6.45, 7) is 5.08. The number of aryl methyl sites for hydroxylation is 1. The smallest absolute Gasteiger partial charge is 0.132 e. The first kappa shape index (κ1) is 14.1. The fourth-order valence-corrected chi connectivity index (χ4v) is 2.63. The van der Waals surface area contributed by atoms with Crippen LogP contribution in [0.3, 0.4) is 0 Å². The van der Waals surface area contributed by atoms with E-state index in [1.807, 2.05) is 6.07 Å². The van der Waals surface area contributed by atoms with Crippen molar-refractivity contribution < 1.29 is 0 Å². The maximum Gasteiger partial charge on any atom is 0.132 e. The zero-order chi connectivity index (χ0) is 13.5. The minimum atomic E-state index is 0.580. The molecule has 0 unspecified atom stereocenters. The van der Waals surface area contributed by atoms with Crippen LogP contribution in [0, 0.1) is 0 Å². The topological polar surface area (TPSA) is 49.8 Å². The number of nitrogens with one attached hydrogen (secondary N) is 2. The molecular weight excluding hydrogens is 236 g/mol.